The van der Waals surface area contributed by atoms with E-state index in [0.29, 0.717) is 5.92 Å². The molecule has 0 saturated carbocycles. The second-order valence-electron chi connectivity index (χ2n) is 5.48. The minimum Gasteiger partial charge on any atom is -0.465 e. The first-order valence-electron chi connectivity index (χ1n) is 7.56. The fourth-order valence-electron chi connectivity index (χ4n) is 2.14. The maximum Gasteiger partial charge on any atom is 0.321 e. The first-order chi connectivity index (χ1) is 10.3. The zero-order valence-corrected chi connectivity index (χ0v) is 14.5. The van der Waals surface area contributed by atoms with E-state index in [1.54, 1.807) is 26.0 Å². The van der Waals surface area contributed by atoms with Crippen LogP contribution in [0.25, 0.3) is 0 Å². The lowest BCUT2D eigenvalue weighted by Crippen LogP contribution is -2.36. The highest BCUT2D eigenvalue weighted by Crippen LogP contribution is 2.18. The molecular weight excluding hydrogens is 302 g/mol. The summed E-state index contributed by atoms with van der Waals surface area (Å²) in [6.45, 7) is 7.81. The molecule has 0 bridgehead atoms. The van der Waals surface area contributed by atoms with E-state index < -0.39 is 16.0 Å². The highest BCUT2D eigenvalue weighted by Gasteiger charge is 2.25. The molecule has 0 aromatic heterocycles. The van der Waals surface area contributed by atoms with Gasteiger partial charge >= 0.3 is 5.97 Å². The predicted molar refractivity (Wildman–Crippen MR) is 86.0 cm³/mol. The van der Waals surface area contributed by atoms with Crippen LogP contribution in [0.4, 0.5) is 0 Å². The van der Waals surface area contributed by atoms with E-state index in [2.05, 4.69) is 13.8 Å². The number of benzene rings is 1. The summed E-state index contributed by atoms with van der Waals surface area (Å²) in [6.07, 6.45) is 0.903. The second kappa shape index (κ2) is 8.29. The fraction of sp³-hybridized carbons (Fsp3) is 0.562. The van der Waals surface area contributed by atoms with E-state index in [9.17, 15) is 13.2 Å². The molecule has 0 atom stereocenters. The Kier molecular flexibility index (Phi) is 7.03. The number of esters is 1. The van der Waals surface area contributed by atoms with Crippen LogP contribution in [0.3, 0.4) is 0 Å². The highest BCUT2D eigenvalue weighted by atomic mass is 32.2. The minimum atomic E-state index is -3.68. The molecule has 1 aromatic rings. The number of sulfonamides is 1. The Morgan fingerprint density at radius 3 is 2.23 bits per heavy atom. The van der Waals surface area contributed by atoms with Gasteiger partial charge < -0.3 is 4.74 Å². The molecule has 0 N–H and O–H groups in total. The Morgan fingerprint density at radius 1 is 1.18 bits per heavy atom. The van der Waals surface area contributed by atoms with Gasteiger partial charge in [0.05, 0.1) is 11.5 Å². The van der Waals surface area contributed by atoms with Gasteiger partial charge in [0, 0.05) is 6.54 Å². The summed E-state index contributed by atoms with van der Waals surface area (Å²) in [7, 11) is -3.68. The van der Waals surface area contributed by atoms with E-state index in [1.807, 2.05) is 12.1 Å². The normalized spacial score (nSPS) is 11.9. The summed E-state index contributed by atoms with van der Waals surface area (Å²) < 4.78 is 31.1. The topological polar surface area (TPSA) is 63.7 Å². The van der Waals surface area contributed by atoms with Gasteiger partial charge in [-0.25, -0.2) is 8.42 Å². The molecule has 5 nitrogen and oxygen atoms in total. The van der Waals surface area contributed by atoms with Crippen molar-refractivity contribution in [2.45, 2.75) is 39.0 Å². The lowest BCUT2D eigenvalue weighted by molar-refractivity contribution is -0.143. The smallest absolute Gasteiger partial charge is 0.321 e. The Bertz CT molecular complexity index is 579. The van der Waals surface area contributed by atoms with E-state index in [0.717, 1.165) is 16.3 Å². The van der Waals surface area contributed by atoms with Crippen molar-refractivity contribution in [3.8, 4) is 0 Å². The molecule has 0 heterocycles. The van der Waals surface area contributed by atoms with Gasteiger partial charge in [-0.3, -0.25) is 4.79 Å². The maximum absolute atomic E-state index is 12.6. The van der Waals surface area contributed by atoms with Gasteiger partial charge in [-0.1, -0.05) is 32.9 Å². The van der Waals surface area contributed by atoms with E-state index in [4.69, 9.17) is 4.74 Å². The van der Waals surface area contributed by atoms with Crippen molar-refractivity contribution in [3.05, 3.63) is 29.8 Å². The van der Waals surface area contributed by atoms with Gasteiger partial charge in [0.15, 0.2) is 0 Å². The molecular formula is C16H25NO4S. The molecule has 1 aromatic carbocycles. The summed E-state index contributed by atoms with van der Waals surface area (Å²) >= 11 is 0. The number of likely N-dealkylation sites (N-methyl/N-ethyl adjacent to an activating group) is 1. The van der Waals surface area contributed by atoms with Crippen molar-refractivity contribution in [1.29, 1.82) is 0 Å². The first-order valence-corrected chi connectivity index (χ1v) is 9.00. The van der Waals surface area contributed by atoms with E-state index >= 15 is 0 Å². The van der Waals surface area contributed by atoms with Crippen LogP contribution in [-0.4, -0.2) is 38.4 Å². The van der Waals surface area contributed by atoms with Crippen molar-refractivity contribution in [2.24, 2.45) is 5.92 Å². The van der Waals surface area contributed by atoms with Gasteiger partial charge in [-0.2, -0.15) is 4.31 Å². The Balaban J connectivity index is 2.93. The quantitative estimate of drug-likeness (QED) is 0.688. The third kappa shape index (κ3) is 5.10. The van der Waals surface area contributed by atoms with Gasteiger partial charge in [-0.15, -0.1) is 0 Å². The molecule has 0 aliphatic carbocycles. The van der Waals surface area contributed by atoms with Crippen LogP contribution in [0.2, 0.25) is 0 Å². The van der Waals surface area contributed by atoms with Crippen LogP contribution < -0.4 is 0 Å². The van der Waals surface area contributed by atoms with Crippen LogP contribution in [0.15, 0.2) is 29.2 Å². The largest absolute Gasteiger partial charge is 0.465 e. The standard InChI is InChI=1S/C16H25NO4S/c1-5-17(12-16(18)21-6-2)22(19,20)15-9-7-14(8-10-15)11-13(3)4/h7-10,13H,5-6,11-12H2,1-4H3. The summed E-state index contributed by atoms with van der Waals surface area (Å²) in [4.78, 5) is 11.7. The molecule has 0 radical (unpaired) electrons. The Labute approximate surface area is 133 Å². The van der Waals surface area contributed by atoms with Crippen molar-refractivity contribution < 1.29 is 17.9 Å². The molecule has 0 amide bonds. The molecule has 0 saturated heterocycles. The monoisotopic (exact) mass is 327 g/mol. The van der Waals surface area contributed by atoms with E-state index in [-0.39, 0.29) is 24.6 Å². The van der Waals surface area contributed by atoms with Crippen molar-refractivity contribution in [3.63, 3.8) is 0 Å². The number of rotatable bonds is 8. The molecule has 0 unspecified atom stereocenters. The van der Waals surface area contributed by atoms with Gasteiger partial charge in [0.25, 0.3) is 0 Å². The molecule has 0 aliphatic heterocycles. The Morgan fingerprint density at radius 2 is 1.77 bits per heavy atom. The zero-order chi connectivity index (χ0) is 16.8. The third-order valence-electron chi connectivity index (χ3n) is 3.17. The zero-order valence-electron chi connectivity index (χ0n) is 13.7. The van der Waals surface area contributed by atoms with Crippen LogP contribution in [0.5, 0.6) is 0 Å². The molecule has 1 rings (SSSR count). The summed E-state index contributed by atoms with van der Waals surface area (Å²) in [6, 6.07) is 6.85. The second-order valence-corrected chi connectivity index (χ2v) is 7.42. The van der Waals surface area contributed by atoms with Gasteiger partial charge in [0.1, 0.15) is 6.54 Å². The average molecular weight is 327 g/mol. The molecule has 124 valence electrons. The molecule has 0 fully saturated rings. The van der Waals surface area contributed by atoms with Crippen LogP contribution >= 0.6 is 0 Å². The number of carbonyl (C=O) groups is 1. The summed E-state index contributed by atoms with van der Waals surface area (Å²) in [5, 5.41) is 0. The minimum absolute atomic E-state index is 0.200. The van der Waals surface area contributed by atoms with Crippen LogP contribution in [-0.2, 0) is 26.0 Å². The maximum atomic E-state index is 12.6. The van der Waals surface area contributed by atoms with Crippen LogP contribution in [0, 0.1) is 5.92 Å². The SMILES string of the molecule is CCOC(=O)CN(CC)S(=O)(=O)c1ccc(CC(C)C)cc1. The van der Waals surface area contributed by atoms with Crippen molar-refractivity contribution in [1.82, 2.24) is 4.31 Å². The molecule has 6 heteroatoms. The lowest BCUT2D eigenvalue weighted by atomic mass is 10.0. The number of hydrogen-bond donors (Lipinski definition) is 0. The fourth-order valence-corrected chi connectivity index (χ4v) is 3.53. The number of ether oxygens (including phenoxy) is 1. The van der Waals surface area contributed by atoms with Gasteiger partial charge in [0.2, 0.25) is 10.0 Å². The number of hydrogen-bond acceptors (Lipinski definition) is 4. The highest BCUT2D eigenvalue weighted by molar-refractivity contribution is 7.89. The predicted octanol–water partition coefficient (Wildman–Crippen LogP) is 2.46. The lowest BCUT2D eigenvalue weighted by Gasteiger charge is -2.19. The summed E-state index contributed by atoms with van der Waals surface area (Å²) in [5.41, 5.74) is 1.10. The first kappa shape index (κ1) is 18.6. The van der Waals surface area contributed by atoms with Crippen molar-refractivity contribution >= 4 is 16.0 Å². The third-order valence-corrected chi connectivity index (χ3v) is 5.10. The Hall–Kier alpha value is -1.40. The van der Waals surface area contributed by atoms with E-state index in [1.165, 1.54) is 0 Å². The van der Waals surface area contributed by atoms with Gasteiger partial charge in [-0.05, 0) is 37.0 Å². The molecule has 0 spiro atoms. The molecule has 22 heavy (non-hydrogen) atoms. The number of carbonyl (C=O) groups excluding carboxylic acids is 1. The average Bonchev–Trinajstić information content (AvgIpc) is 2.44. The summed E-state index contributed by atoms with van der Waals surface area (Å²) in [5.74, 6) is -0.0252. The van der Waals surface area contributed by atoms with Crippen molar-refractivity contribution in [2.75, 3.05) is 19.7 Å². The number of nitrogens with zero attached hydrogens (tertiary/aromatic N) is 1. The molecule has 0 aliphatic rings. The van der Waals surface area contributed by atoms with Crippen LogP contribution in [0.1, 0.15) is 33.3 Å².